The van der Waals surface area contributed by atoms with Crippen LogP contribution in [0.15, 0.2) is 24.5 Å². The van der Waals surface area contributed by atoms with Crippen LogP contribution >= 0.6 is 0 Å². The normalized spacial score (nSPS) is 21.2. The third kappa shape index (κ3) is 3.39. The second-order valence-electron chi connectivity index (χ2n) is 5.47. The quantitative estimate of drug-likeness (QED) is 0.766. The van der Waals surface area contributed by atoms with Crippen molar-refractivity contribution in [2.75, 3.05) is 13.1 Å². The van der Waals surface area contributed by atoms with Crippen LogP contribution in [0.3, 0.4) is 0 Å². The molecule has 18 heavy (non-hydrogen) atoms. The van der Waals surface area contributed by atoms with Crippen molar-refractivity contribution < 1.29 is 4.79 Å². The summed E-state index contributed by atoms with van der Waals surface area (Å²) in [5.74, 6) is 0.743. The molecular formula is C15H22N2O. The Morgan fingerprint density at radius 2 is 2.39 bits per heavy atom. The smallest absolute Gasteiger partial charge is 0.164 e. The Labute approximate surface area is 109 Å². The van der Waals surface area contributed by atoms with Gasteiger partial charge < -0.3 is 4.90 Å². The SMILES string of the molecule is CC(C)N1CCC[C@@H](CC(=O)c2cccnc2)C1. The zero-order chi connectivity index (χ0) is 13.0. The van der Waals surface area contributed by atoms with E-state index in [9.17, 15) is 4.79 Å². The molecule has 1 aliphatic heterocycles. The summed E-state index contributed by atoms with van der Waals surface area (Å²) in [6.45, 7) is 6.69. The number of aromatic nitrogens is 1. The molecule has 0 aromatic carbocycles. The van der Waals surface area contributed by atoms with Crippen LogP contribution in [-0.4, -0.2) is 34.8 Å². The number of nitrogens with zero attached hydrogens (tertiary/aromatic N) is 2. The highest BCUT2D eigenvalue weighted by Crippen LogP contribution is 2.22. The number of piperidine rings is 1. The number of Topliss-reactive ketones (excluding diaryl/α,β-unsaturated/α-hetero) is 1. The molecule has 0 bridgehead atoms. The first-order valence-corrected chi connectivity index (χ1v) is 6.84. The van der Waals surface area contributed by atoms with Crippen LogP contribution < -0.4 is 0 Å². The fraction of sp³-hybridized carbons (Fsp3) is 0.600. The fourth-order valence-electron chi connectivity index (χ4n) is 2.64. The van der Waals surface area contributed by atoms with E-state index in [1.54, 1.807) is 12.4 Å². The maximum Gasteiger partial charge on any atom is 0.164 e. The van der Waals surface area contributed by atoms with Crippen molar-refractivity contribution in [1.82, 2.24) is 9.88 Å². The number of hydrogen-bond donors (Lipinski definition) is 0. The molecule has 2 rings (SSSR count). The molecule has 3 nitrogen and oxygen atoms in total. The molecular weight excluding hydrogens is 224 g/mol. The topological polar surface area (TPSA) is 33.2 Å². The molecule has 3 heteroatoms. The minimum absolute atomic E-state index is 0.235. The molecule has 0 unspecified atom stereocenters. The first-order valence-electron chi connectivity index (χ1n) is 6.84. The number of likely N-dealkylation sites (tertiary alicyclic amines) is 1. The number of hydrogen-bond acceptors (Lipinski definition) is 3. The third-order valence-electron chi connectivity index (χ3n) is 3.74. The average Bonchev–Trinajstić information content (AvgIpc) is 2.40. The molecule has 0 amide bonds. The highest BCUT2D eigenvalue weighted by molar-refractivity contribution is 5.95. The van der Waals surface area contributed by atoms with Crippen LogP contribution in [0.25, 0.3) is 0 Å². The lowest BCUT2D eigenvalue weighted by Crippen LogP contribution is -2.40. The molecule has 1 aliphatic rings. The number of carbonyl (C=O) groups excluding carboxylic acids is 1. The van der Waals surface area contributed by atoms with Crippen molar-refractivity contribution in [1.29, 1.82) is 0 Å². The van der Waals surface area contributed by atoms with Gasteiger partial charge in [-0.1, -0.05) is 0 Å². The lowest BCUT2D eigenvalue weighted by molar-refractivity contribution is 0.0889. The Morgan fingerprint density at radius 1 is 1.56 bits per heavy atom. The van der Waals surface area contributed by atoms with Crippen molar-refractivity contribution in [3.8, 4) is 0 Å². The lowest BCUT2D eigenvalue weighted by Gasteiger charge is -2.35. The van der Waals surface area contributed by atoms with E-state index in [1.807, 2.05) is 12.1 Å². The molecule has 1 aromatic heterocycles. The van der Waals surface area contributed by atoms with Gasteiger partial charge in [0.15, 0.2) is 5.78 Å². The molecule has 1 fully saturated rings. The standard InChI is InChI=1S/C15H22N2O/c1-12(2)17-8-4-5-13(11-17)9-15(18)14-6-3-7-16-10-14/h3,6-7,10,12-13H,4-5,8-9,11H2,1-2H3/t13-/m0/s1. The zero-order valence-electron chi connectivity index (χ0n) is 11.3. The van der Waals surface area contributed by atoms with Gasteiger partial charge in [-0.15, -0.1) is 0 Å². The Kier molecular flexibility index (Phi) is 4.48. The van der Waals surface area contributed by atoms with Crippen LogP contribution in [0.1, 0.15) is 43.5 Å². The Morgan fingerprint density at radius 3 is 3.06 bits per heavy atom. The van der Waals surface area contributed by atoms with Crippen molar-refractivity contribution in [2.45, 2.75) is 39.2 Å². The van der Waals surface area contributed by atoms with Gasteiger partial charge >= 0.3 is 0 Å². The van der Waals surface area contributed by atoms with Gasteiger partial charge in [-0.2, -0.15) is 0 Å². The summed E-state index contributed by atoms with van der Waals surface area (Å²) in [6.07, 6.45) is 6.43. The largest absolute Gasteiger partial charge is 0.301 e. The van der Waals surface area contributed by atoms with Crippen LogP contribution in [-0.2, 0) is 0 Å². The van der Waals surface area contributed by atoms with Crippen molar-refractivity contribution >= 4 is 5.78 Å². The predicted octanol–water partition coefficient (Wildman–Crippen LogP) is 2.77. The van der Waals surface area contributed by atoms with E-state index in [4.69, 9.17) is 0 Å². The lowest BCUT2D eigenvalue weighted by atomic mass is 9.90. The third-order valence-corrected chi connectivity index (χ3v) is 3.74. The Hall–Kier alpha value is -1.22. The summed E-state index contributed by atoms with van der Waals surface area (Å²) in [5.41, 5.74) is 0.749. The van der Waals surface area contributed by atoms with Crippen LogP contribution in [0.5, 0.6) is 0 Å². The van der Waals surface area contributed by atoms with Crippen molar-refractivity contribution in [2.24, 2.45) is 5.92 Å². The minimum atomic E-state index is 0.235. The molecule has 98 valence electrons. The summed E-state index contributed by atoms with van der Waals surface area (Å²) in [6, 6.07) is 4.27. The Bertz CT molecular complexity index is 389. The molecule has 2 heterocycles. The van der Waals surface area contributed by atoms with E-state index in [2.05, 4.69) is 23.7 Å². The minimum Gasteiger partial charge on any atom is -0.301 e. The van der Waals surface area contributed by atoms with Gasteiger partial charge in [0.2, 0.25) is 0 Å². The van der Waals surface area contributed by atoms with Gasteiger partial charge in [-0.05, 0) is 51.3 Å². The van der Waals surface area contributed by atoms with Crippen LogP contribution in [0.4, 0.5) is 0 Å². The molecule has 0 saturated carbocycles. The summed E-state index contributed by atoms with van der Waals surface area (Å²) in [7, 11) is 0. The highest BCUT2D eigenvalue weighted by atomic mass is 16.1. The number of carbonyl (C=O) groups is 1. The predicted molar refractivity (Wildman–Crippen MR) is 72.6 cm³/mol. The van der Waals surface area contributed by atoms with Crippen molar-refractivity contribution in [3.05, 3.63) is 30.1 Å². The number of ketones is 1. The molecule has 1 atom stereocenters. The Balaban J connectivity index is 1.91. The van der Waals surface area contributed by atoms with Crippen molar-refractivity contribution in [3.63, 3.8) is 0 Å². The van der Waals surface area contributed by atoms with Gasteiger partial charge in [0.1, 0.15) is 0 Å². The zero-order valence-corrected chi connectivity index (χ0v) is 11.3. The van der Waals surface area contributed by atoms with Gasteiger partial charge in [-0.25, -0.2) is 0 Å². The first kappa shape index (κ1) is 13.2. The molecule has 0 aliphatic carbocycles. The van der Waals surface area contributed by atoms with Gasteiger partial charge in [0, 0.05) is 37.0 Å². The van der Waals surface area contributed by atoms with E-state index in [0.29, 0.717) is 18.4 Å². The van der Waals surface area contributed by atoms with Crippen LogP contribution in [0.2, 0.25) is 0 Å². The summed E-state index contributed by atoms with van der Waals surface area (Å²) >= 11 is 0. The van der Waals surface area contributed by atoms with Gasteiger partial charge in [0.05, 0.1) is 0 Å². The van der Waals surface area contributed by atoms with E-state index >= 15 is 0 Å². The summed E-state index contributed by atoms with van der Waals surface area (Å²) < 4.78 is 0. The maximum atomic E-state index is 12.1. The highest BCUT2D eigenvalue weighted by Gasteiger charge is 2.23. The average molecular weight is 246 g/mol. The van der Waals surface area contributed by atoms with Crippen LogP contribution in [0, 0.1) is 5.92 Å². The van der Waals surface area contributed by atoms with Gasteiger partial charge in [-0.3, -0.25) is 9.78 Å². The molecule has 0 N–H and O–H groups in total. The number of rotatable bonds is 4. The van der Waals surface area contributed by atoms with E-state index in [0.717, 1.165) is 12.1 Å². The molecule has 0 radical (unpaired) electrons. The molecule has 0 spiro atoms. The van der Waals surface area contributed by atoms with E-state index in [1.165, 1.54) is 19.4 Å². The summed E-state index contributed by atoms with van der Waals surface area (Å²) in [4.78, 5) is 18.6. The second-order valence-corrected chi connectivity index (χ2v) is 5.47. The molecule has 1 aromatic rings. The van der Waals surface area contributed by atoms with E-state index < -0.39 is 0 Å². The first-order chi connectivity index (χ1) is 8.66. The summed E-state index contributed by atoms with van der Waals surface area (Å²) in [5, 5.41) is 0. The maximum absolute atomic E-state index is 12.1. The monoisotopic (exact) mass is 246 g/mol. The van der Waals surface area contributed by atoms with Gasteiger partial charge in [0.25, 0.3) is 0 Å². The second kappa shape index (κ2) is 6.10. The number of pyridine rings is 1. The molecule has 1 saturated heterocycles. The van der Waals surface area contributed by atoms with E-state index in [-0.39, 0.29) is 5.78 Å². The fourth-order valence-corrected chi connectivity index (χ4v) is 2.64.